The van der Waals surface area contributed by atoms with Gasteiger partial charge in [0.05, 0.1) is 11.0 Å². The molecule has 0 spiro atoms. The number of imidazole rings is 1. The summed E-state index contributed by atoms with van der Waals surface area (Å²) in [6.45, 7) is 3.12. The van der Waals surface area contributed by atoms with E-state index in [1.165, 1.54) is 16.8 Å². The van der Waals surface area contributed by atoms with Gasteiger partial charge in [0.15, 0.2) is 4.77 Å². The van der Waals surface area contributed by atoms with Crippen LogP contribution in [-0.4, -0.2) is 21.6 Å². The minimum Gasteiger partial charge on any atom is -0.331 e. The largest absolute Gasteiger partial charge is 0.331 e. The van der Waals surface area contributed by atoms with Gasteiger partial charge in [-0.3, -0.25) is 0 Å². The second-order valence-electron chi connectivity index (χ2n) is 3.95. The van der Waals surface area contributed by atoms with E-state index in [0.717, 1.165) is 23.3 Å². The molecule has 0 radical (unpaired) electrons. The average molecular weight is 252 g/mol. The van der Waals surface area contributed by atoms with Crippen molar-refractivity contribution in [2.45, 2.75) is 19.9 Å². The van der Waals surface area contributed by atoms with E-state index in [4.69, 9.17) is 12.2 Å². The Morgan fingerprint density at radius 3 is 3.00 bits per heavy atom. The van der Waals surface area contributed by atoms with Crippen LogP contribution in [0.2, 0.25) is 0 Å². The molecule has 0 atom stereocenters. The van der Waals surface area contributed by atoms with Crippen molar-refractivity contribution in [2.75, 3.05) is 12.0 Å². The van der Waals surface area contributed by atoms with Gasteiger partial charge in [0.25, 0.3) is 0 Å². The molecule has 0 unspecified atom stereocenters. The second-order valence-corrected chi connectivity index (χ2v) is 5.32. The zero-order chi connectivity index (χ0) is 11.5. The minimum absolute atomic E-state index is 0.835. The molecule has 1 heterocycles. The fraction of sp³-hybridized carbons (Fsp3) is 0.417. The molecule has 0 amide bonds. The van der Waals surface area contributed by atoms with Crippen LogP contribution in [-0.2, 0) is 6.54 Å². The number of hydrogen-bond donors (Lipinski definition) is 1. The predicted molar refractivity (Wildman–Crippen MR) is 74.9 cm³/mol. The van der Waals surface area contributed by atoms with Gasteiger partial charge in [-0.25, -0.2) is 0 Å². The molecule has 0 fully saturated rings. The number of nitrogens with zero attached hydrogens (tertiary/aromatic N) is 1. The van der Waals surface area contributed by atoms with Gasteiger partial charge in [0.2, 0.25) is 0 Å². The van der Waals surface area contributed by atoms with E-state index < -0.39 is 0 Å². The van der Waals surface area contributed by atoms with Gasteiger partial charge in [-0.15, -0.1) is 0 Å². The molecular formula is C12H16N2S2. The lowest BCUT2D eigenvalue weighted by molar-refractivity contribution is 0.694. The van der Waals surface area contributed by atoms with Crippen LogP contribution >= 0.6 is 24.0 Å². The Bertz CT molecular complexity index is 539. The highest BCUT2D eigenvalue weighted by Gasteiger charge is 2.03. The molecule has 2 rings (SSSR count). The molecule has 16 heavy (non-hydrogen) atoms. The molecule has 0 saturated heterocycles. The van der Waals surface area contributed by atoms with Crippen molar-refractivity contribution in [3.05, 3.63) is 28.5 Å². The van der Waals surface area contributed by atoms with Crippen LogP contribution in [0, 0.1) is 11.7 Å². The normalized spacial score (nSPS) is 11.1. The van der Waals surface area contributed by atoms with Crippen molar-refractivity contribution in [1.29, 1.82) is 0 Å². The Morgan fingerprint density at radius 2 is 2.25 bits per heavy atom. The summed E-state index contributed by atoms with van der Waals surface area (Å²) in [4.78, 5) is 3.25. The fourth-order valence-electron chi connectivity index (χ4n) is 1.85. The maximum absolute atomic E-state index is 5.35. The highest BCUT2D eigenvalue weighted by atomic mass is 32.2. The number of hydrogen-bond acceptors (Lipinski definition) is 2. The second kappa shape index (κ2) is 5.06. The molecule has 1 N–H and O–H groups in total. The van der Waals surface area contributed by atoms with Gasteiger partial charge in [0.1, 0.15) is 0 Å². The summed E-state index contributed by atoms with van der Waals surface area (Å²) in [5.74, 6) is 1.18. The van der Waals surface area contributed by atoms with Gasteiger partial charge >= 0.3 is 0 Å². The number of aromatic amines is 1. The quantitative estimate of drug-likeness (QED) is 0.660. The number of fused-ring (bicyclic) bond motifs is 1. The molecule has 1 aromatic carbocycles. The molecule has 0 aliphatic rings. The van der Waals surface area contributed by atoms with Gasteiger partial charge in [-0.1, -0.05) is 6.07 Å². The van der Waals surface area contributed by atoms with Gasteiger partial charge in [-0.2, -0.15) is 11.8 Å². The number of H-pyrrole nitrogens is 1. The predicted octanol–water partition coefficient (Wildman–Crippen LogP) is 3.76. The van der Waals surface area contributed by atoms with Crippen molar-refractivity contribution in [2.24, 2.45) is 0 Å². The maximum Gasteiger partial charge on any atom is 0.178 e. The third kappa shape index (κ3) is 2.33. The Balaban J connectivity index is 2.38. The first-order valence-corrected chi connectivity index (χ1v) is 7.20. The first-order chi connectivity index (χ1) is 7.72. The first-order valence-electron chi connectivity index (χ1n) is 5.40. The fourth-order valence-corrected chi connectivity index (χ4v) is 2.57. The number of aromatic nitrogens is 2. The average Bonchev–Trinajstić information content (AvgIpc) is 2.56. The summed E-state index contributed by atoms with van der Waals surface area (Å²) >= 11 is 7.23. The molecule has 86 valence electrons. The van der Waals surface area contributed by atoms with Gasteiger partial charge in [-0.05, 0) is 55.3 Å². The Morgan fingerprint density at radius 1 is 1.44 bits per heavy atom. The van der Waals surface area contributed by atoms with E-state index in [2.05, 4.69) is 40.9 Å². The van der Waals surface area contributed by atoms with Crippen molar-refractivity contribution >= 4 is 35.0 Å². The van der Waals surface area contributed by atoms with Crippen molar-refractivity contribution in [3.8, 4) is 0 Å². The molecule has 4 heteroatoms. The summed E-state index contributed by atoms with van der Waals surface area (Å²) in [6.07, 6.45) is 3.30. The molecular weight excluding hydrogens is 236 g/mol. The van der Waals surface area contributed by atoms with Crippen molar-refractivity contribution < 1.29 is 0 Å². The van der Waals surface area contributed by atoms with Crippen LogP contribution in [0.25, 0.3) is 11.0 Å². The topological polar surface area (TPSA) is 20.7 Å². The molecule has 0 bridgehead atoms. The highest BCUT2D eigenvalue weighted by molar-refractivity contribution is 7.98. The Labute approximate surface area is 105 Å². The Hall–Kier alpha value is -0.740. The van der Waals surface area contributed by atoms with Gasteiger partial charge in [0, 0.05) is 6.54 Å². The van der Waals surface area contributed by atoms with Gasteiger partial charge < -0.3 is 9.55 Å². The van der Waals surface area contributed by atoms with Crippen LogP contribution in [0.5, 0.6) is 0 Å². The summed E-state index contributed by atoms with van der Waals surface area (Å²) in [5.41, 5.74) is 3.64. The zero-order valence-electron chi connectivity index (χ0n) is 9.62. The van der Waals surface area contributed by atoms with Crippen LogP contribution in [0.1, 0.15) is 12.0 Å². The molecule has 0 saturated carbocycles. The van der Waals surface area contributed by atoms with Crippen molar-refractivity contribution in [3.63, 3.8) is 0 Å². The van der Waals surface area contributed by atoms with E-state index in [0.29, 0.717) is 0 Å². The lowest BCUT2D eigenvalue weighted by atomic mass is 10.2. The number of nitrogens with one attached hydrogen (secondary N) is 1. The van der Waals surface area contributed by atoms with Crippen LogP contribution < -0.4 is 0 Å². The molecule has 2 nitrogen and oxygen atoms in total. The number of benzene rings is 1. The van der Waals surface area contributed by atoms with Crippen LogP contribution in [0.15, 0.2) is 18.2 Å². The number of aryl methyl sites for hydroxylation is 2. The number of rotatable bonds is 4. The standard InChI is InChI=1S/C12H16N2S2/c1-9-4-5-10-11(8-9)14(12(15)13-10)6-3-7-16-2/h4-5,8H,3,6-7H2,1-2H3,(H,13,15). The number of thioether (sulfide) groups is 1. The molecule has 0 aliphatic heterocycles. The van der Waals surface area contributed by atoms with Crippen molar-refractivity contribution in [1.82, 2.24) is 9.55 Å². The third-order valence-corrected chi connectivity index (χ3v) is 3.68. The van der Waals surface area contributed by atoms with E-state index >= 15 is 0 Å². The van der Waals surface area contributed by atoms with E-state index in [9.17, 15) is 0 Å². The smallest absolute Gasteiger partial charge is 0.178 e. The van der Waals surface area contributed by atoms with E-state index in [1.807, 2.05) is 11.8 Å². The summed E-state index contributed by atoms with van der Waals surface area (Å²) < 4.78 is 3.04. The summed E-state index contributed by atoms with van der Waals surface area (Å²) in [7, 11) is 0. The van der Waals surface area contributed by atoms with E-state index in [1.54, 1.807) is 0 Å². The third-order valence-electron chi connectivity index (χ3n) is 2.66. The Kier molecular flexibility index (Phi) is 3.71. The monoisotopic (exact) mass is 252 g/mol. The SMILES string of the molecule is CSCCCn1c(=S)[nH]c2ccc(C)cc21. The first kappa shape index (κ1) is 11.7. The van der Waals surface area contributed by atoms with Crippen LogP contribution in [0.4, 0.5) is 0 Å². The lowest BCUT2D eigenvalue weighted by Gasteiger charge is -2.03. The lowest BCUT2D eigenvalue weighted by Crippen LogP contribution is -1.99. The molecule has 0 aliphatic carbocycles. The summed E-state index contributed by atoms with van der Waals surface area (Å²) in [6, 6.07) is 6.41. The maximum atomic E-state index is 5.35. The van der Waals surface area contributed by atoms with E-state index in [-0.39, 0.29) is 0 Å². The van der Waals surface area contributed by atoms with Crippen LogP contribution in [0.3, 0.4) is 0 Å². The minimum atomic E-state index is 0.835. The molecule has 1 aromatic heterocycles. The molecule has 2 aromatic rings. The highest BCUT2D eigenvalue weighted by Crippen LogP contribution is 2.16. The zero-order valence-corrected chi connectivity index (χ0v) is 11.3. The summed E-state index contributed by atoms with van der Waals surface area (Å²) in [5, 5.41) is 0.